The number of thiophene rings is 1. The van der Waals surface area contributed by atoms with Gasteiger partial charge in [0.1, 0.15) is 10.5 Å². The summed E-state index contributed by atoms with van der Waals surface area (Å²) >= 11 is 1.27. The number of aryl methyl sites for hydroxylation is 1. The summed E-state index contributed by atoms with van der Waals surface area (Å²) in [6.45, 7) is 2.39. The molecule has 1 aliphatic rings. The molecule has 4 aromatic rings. The van der Waals surface area contributed by atoms with Crippen molar-refractivity contribution in [3.05, 3.63) is 87.0 Å². The minimum absolute atomic E-state index is 0.0904. The number of hydrogen-bond donors (Lipinski definition) is 5. The van der Waals surface area contributed by atoms with Gasteiger partial charge in [-0.2, -0.15) is 0 Å². The molecule has 0 fully saturated rings. The number of fused-ring (bicyclic) bond motifs is 2. The minimum atomic E-state index is -3.54. The van der Waals surface area contributed by atoms with Crippen molar-refractivity contribution in [2.45, 2.75) is 18.4 Å². The highest BCUT2D eigenvalue weighted by molar-refractivity contribution is 8.23. The van der Waals surface area contributed by atoms with Crippen molar-refractivity contribution < 1.29 is 14.2 Å². The van der Waals surface area contributed by atoms with Crippen molar-refractivity contribution in [1.82, 2.24) is 4.68 Å². The summed E-state index contributed by atoms with van der Waals surface area (Å²) in [4.78, 5) is 13.7. The van der Waals surface area contributed by atoms with Gasteiger partial charge in [-0.25, -0.2) is 4.68 Å². The first kappa shape index (κ1) is 20.6. The number of nitrogens with one attached hydrogen (secondary N) is 2. The average molecular weight is 469 g/mol. The van der Waals surface area contributed by atoms with E-state index >= 15 is 0 Å². The fourth-order valence-corrected chi connectivity index (χ4v) is 5.57. The predicted molar refractivity (Wildman–Crippen MR) is 130 cm³/mol. The van der Waals surface area contributed by atoms with Crippen molar-refractivity contribution in [3.63, 3.8) is 0 Å². The molecule has 5 N–H and O–H groups in total. The third-order valence-corrected chi connectivity index (χ3v) is 7.50. The van der Waals surface area contributed by atoms with Crippen LogP contribution in [0.15, 0.2) is 74.1 Å². The molecule has 0 saturated heterocycles. The molecule has 0 saturated carbocycles. The minimum Gasteiger partial charge on any atom is -0.505 e. The maximum absolute atomic E-state index is 13.5. The van der Waals surface area contributed by atoms with E-state index in [1.165, 1.54) is 16.0 Å². The van der Waals surface area contributed by atoms with Crippen molar-refractivity contribution in [2.24, 2.45) is 4.40 Å². The quantitative estimate of drug-likeness (QED) is 0.296. The van der Waals surface area contributed by atoms with Crippen LogP contribution in [0.1, 0.15) is 16.7 Å². The van der Waals surface area contributed by atoms with E-state index in [2.05, 4.69) is 15.1 Å². The van der Waals surface area contributed by atoms with Gasteiger partial charge in [0, 0.05) is 0 Å². The van der Waals surface area contributed by atoms with E-state index in [4.69, 9.17) is 0 Å². The summed E-state index contributed by atoms with van der Waals surface area (Å²) in [6.07, 6.45) is 0. The van der Waals surface area contributed by atoms with Gasteiger partial charge >= 0.3 is 0 Å². The topological polar surface area (TPSA) is 119 Å². The van der Waals surface area contributed by atoms with Crippen LogP contribution in [-0.4, -0.2) is 24.7 Å². The van der Waals surface area contributed by atoms with E-state index in [-0.39, 0.29) is 22.0 Å². The molecule has 0 bridgehead atoms. The van der Waals surface area contributed by atoms with E-state index in [1.54, 1.807) is 35.7 Å². The lowest BCUT2D eigenvalue weighted by Crippen LogP contribution is -2.35. The van der Waals surface area contributed by atoms with Crippen LogP contribution in [0.25, 0.3) is 10.2 Å². The van der Waals surface area contributed by atoms with Crippen LogP contribution in [0.5, 0.6) is 5.75 Å². The fraction of sp³-hybridized carbons (Fsp3) is 0.0909. The highest BCUT2D eigenvalue weighted by atomic mass is 32.3. The standard InChI is InChI=1S/C22H20N4O4S2/c1-13-6-8-14(9-7-13)12-23-26-16-10-11-31-20(16)19(27)18(22(26)28)21-24-15-4-2-3-5-17(15)32(29,30)25-21/h2-11,23,27,29-30H,12H2,1H3,(H,24,25). The van der Waals surface area contributed by atoms with E-state index in [1.807, 2.05) is 31.2 Å². The van der Waals surface area contributed by atoms with Crippen molar-refractivity contribution in [1.29, 1.82) is 0 Å². The summed E-state index contributed by atoms with van der Waals surface area (Å²) in [6, 6.07) is 16.3. The lowest BCUT2D eigenvalue weighted by Gasteiger charge is -2.34. The van der Waals surface area contributed by atoms with Crippen molar-refractivity contribution in [2.75, 3.05) is 10.7 Å². The maximum Gasteiger partial charge on any atom is 0.284 e. The predicted octanol–water partition coefficient (Wildman–Crippen LogP) is 4.72. The van der Waals surface area contributed by atoms with Gasteiger partial charge in [-0.3, -0.25) is 13.9 Å². The van der Waals surface area contributed by atoms with Gasteiger partial charge in [-0.15, -0.1) is 15.7 Å². The number of para-hydroxylation sites is 1. The lowest BCUT2D eigenvalue weighted by atomic mass is 10.1. The number of rotatable bonds is 4. The Labute approximate surface area is 189 Å². The molecule has 2 aromatic heterocycles. The Morgan fingerprint density at radius 2 is 1.88 bits per heavy atom. The number of aromatic nitrogens is 1. The summed E-state index contributed by atoms with van der Waals surface area (Å²) in [5.74, 6) is -0.346. The van der Waals surface area contributed by atoms with Gasteiger partial charge in [-0.1, -0.05) is 52.7 Å². The smallest absolute Gasteiger partial charge is 0.284 e. The van der Waals surface area contributed by atoms with E-state index in [0.29, 0.717) is 22.4 Å². The first-order valence-corrected chi connectivity index (χ1v) is 12.1. The van der Waals surface area contributed by atoms with E-state index in [0.717, 1.165) is 11.1 Å². The number of aromatic hydroxyl groups is 1. The molecule has 32 heavy (non-hydrogen) atoms. The third kappa shape index (κ3) is 3.43. The largest absolute Gasteiger partial charge is 0.505 e. The Kier molecular flexibility index (Phi) is 4.94. The first-order chi connectivity index (χ1) is 15.3. The van der Waals surface area contributed by atoms with Gasteiger partial charge in [-0.05, 0) is 36.1 Å². The number of hydrogen-bond acceptors (Lipinski definition) is 8. The Morgan fingerprint density at radius 3 is 2.66 bits per heavy atom. The molecule has 8 nitrogen and oxygen atoms in total. The van der Waals surface area contributed by atoms with E-state index in [9.17, 15) is 19.0 Å². The third-order valence-electron chi connectivity index (χ3n) is 5.21. The maximum atomic E-state index is 13.5. The zero-order valence-corrected chi connectivity index (χ0v) is 18.6. The summed E-state index contributed by atoms with van der Waals surface area (Å²) in [5, 5.41) is 15.7. The number of anilines is 1. The monoisotopic (exact) mass is 468 g/mol. The Hall–Kier alpha value is -3.31. The normalized spacial score (nSPS) is 15.5. The van der Waals surface area contributed by atoms with Crippen molar-refractivity contribution in [3.8, 4) is 5.75 Å². The molecular weight excluding hydrogens is 448 g/mol. The van der Waals surface area contributed by atoms with Gasteiger partial charge in [0.05, 0.1) is 22.4 Å². The molecule has 164 valence electrons. The summed E-state index contributed by atoms with van der Waals surface area (Å²) in [5.41, 5.74) is 5.50. The Bertz CT molecular complexity index is 1420. The molecule has 3 heterocycles. The molecule has 0 amide bonds. The molecule has 0 aliphatic carbocycles. The lowest BCUT2D eigenvalue weighted by molar-refractivity contribution is 0.479. The Morgan fingerprint density at radius 1 is 1.12 bits per heavy atom. The molecule has 1 aliphatic heterocycles. The zero-order chi connectivity index (χ0) is 22.5. The molecule has 0 radical (unpaired) electrons. The molecule has 0 unspecified atom stereocenters. The first-order valence-electron chi connectivity index (χ1n) is 9.74. The van der Waals surface area contributed by atoms with E-state index < -0.39 is 16.3 Å². The highest BCUT2D eigenvalue weighted by Gasteiger charge is 2.30. The van der Waals surface area contributed by atoms with Crippen LogP contribution in [0, 0.1) is 6.92 Å². The van der Waals surface area contributed by atoms with Gasteiger partial charge in [0.2, 0.25) is 0 Å². The second-order valence-corrected chi connectivity index (χ2v) is 9.98. The molecule has 0 atom stereocenters. The average Bonchev–Trinajstić information content (AvgIpc) is 3.25. The number of pyridine rings is 1. The second kappa shape index (κ2) is 7.68. The highest BCUT2D eigenvalue weighted by Crippen LogP contribution is 2.55. The molecular formula is C22H20N4O4S2. The molecule has 10 heteroatoms. The Balaban J connectivity index is 1.62. The van der Waals surface area contributed by atoms with Crippen LogP contribution in [0.2, 0.25) is 0 Å². The number of nitrogens with zero attached hydrogens (tertiary/aromatic N) is 2. The SMILES string of the molecule is Cc1ccc(CNn2c(=O)c(C3=NS(O)(O)c4ccccc4N3)c(O)c3sccc32)cc1. The van der Waals surface area contributed by atoms with Crippen LogP contribution in [0.4, 0.5) is 5.69 Å². The number of benzene rings is 2. The van der Waals surface area contributed by atoms with Gasteiger partial charge in [0.25, 0.3) is 5.56 Å². The van der Waals surface area contributed by atoms with Crippen LogP contribution in [-0.2, 0) is 6.54 Å². The van der Waals surface area contributed by atoms with Crippen molar-refractivity contribution >= 4 is 43.9 Å². The van der Waals surface area contributed by atoms with Gasteiger partial charge in [0.15, 0.2) is 11.6 Å². The zero-order valence-electron chi connectivity index (χ0n) is 16.9. The van der Waals surface area contributed by atoms with Crippen LogP contribution >= 0.6 is 22.1 Å². The number of amidine groups is 1. The summed E-state index contributed by atoms with van der Waals surface area (Å²) in [7, 11) is -3.54. The summed E-state index contributed by atoms with van der Waals surface area (Å²) < 4.78 is 27.0. The molecule has 5 rings (SSSR count). The molecule has 0 spiro atoms. The fourth-order valence-electron chi connectivity index (χ4n) is 3.58. The van der Waals surface area contributed by atoms with Crippen LogP contribution in [0.3, 0.4) is 0 Å². The molecule has 2 aromatic carbocycles. The van der Waals surface area contributed by atoms with Gasteiger partial charge < -0.3 is 15.8 Å². The van der Waals surface area contributed by atoms with Crippen LogP contribution < -0.4 is 16.3 Å². The second-order valence-electron chi connectivity index (χ2n) is 7.40.